The van der Waals surface area contributed by atoms with Gasteiger partial charge in [-0.2, -0.15) is 23.5 Å². The number of thioether (sulfide) groups is 2. The van der Waals surface area contributed by atoms with E-state index in [1.807, 2.05) is 11.8 Å². The van der Waals surface area contributed by atoms with Crippen molar-refractivity contribution in [3.05, 3.63) is 0 Å². The molecule has 0 nitrogen and oxygen atoms in total. The maximum Gasteiger partial charge on any atom is 0.0272 e. The molecule has 2 unspecified atom stereocenters. The summed E-state index contributed by atoms with van der Waals surface area (Å²) in [4.78, 5) is 0.796. The molecule has 10 heavy (non-hydrogen) atoms. The highest BCUT2D eigenvalue weighted by molar-refractivity contribution is 9.09. The Morgan fingerprint density at radius 2 is 2.40 bits per heavy atom. The summed E-state index contributed by atoms with van der Waals surface area (Å²) < 4.78 is 0. The van der Waals surface area contributed by atoms with Crippen molar-refractivity contribution in [3.8, 4) is 0 Å². The van der Waals surface area contributed by atoms with Crippen LogP contribution < -0.4 is 0 Å². The minimum Gasteiger partial charge on any atom is -0.165 e. The Labute approximate surface area is 80.0 Å². The Kier molecular flexibility index (Phi) is 4.58. The predicted molar refractivity (Wildman–Crippen MR) is 56.5 cm³/mol. The number of hydrogen-bond acceptors (Lipinski definition) is 2. The first-order chi connectivity index (χ1) is 4.84. The van der Waals surface area contributed by atoms with Gasteiger partial charge in [-0.1, -0.05) is 15.9 Å². The Balaban J connectivity index is 2.14. The quantitative estimate of drug-likeness (QED) is 0.697. The van der Waals surface area contributed by atoms with Gasteiger partial charge >= 0.3 is 0 Å². The Bertz CT molecular complexity index is 97.6. The molecule has 0 aromatic rings. The molecule has 1 rings (SSSR count). The molecule has 0 amide bonds. The topological polar surface area (TPSA) is 0 Å². The smallest absolute Gasteiger partial charge is 0.0272 e. The lowest BCUT2D eigenvalue weighted by molar-refractivity contribution is 0.603. The van der Waals surface area contributed by atoms with Gasteiger partial charge in [0.15, 0.2) is 0 Å². The molecular formula is C7H13BrS2. The molecule has 0 bridgehead atoms. The Morgan fingerprint density at radius 3 is 2.90 bits per heavy atom. The number of hydrogen-bond donors (Lipinski definition) is 0. The van der Waals surface area contributed by atoms with Gasteiger partial charge in [0, 0.05) is 10.6 Å². The molecule has 0 aromatic carbocycles. The third-order valence-corrected chi connectivity index (χ3v) is 5.22. The standard InChI is InChI=1S/C7H13BrS2/c1-9-3-2-6-4-10-5-7(6)8/h6-7H,2-5H2,1H3. The molecule has 0 saturated carbocycles. The SMILES string of the molecule is CSCCC1CSCC1Br. The zero-order valence-electron chi connectivity index (χ0n) is 6.18. The van der Waals surface area contributed by atoms with E-state index < -0.39 is 0 Å². The number of alkyl halides is 1. The molecule has 60 valence electrons. The van der Waals surface area contributed by atoms with Crippen LogP contribution in [0.5, 0.6) is 0 Å². The zero-order chi connectivity index (χ0) is 7.40. The highest BCUT2D eigenvalue weighted by Gasteiger charge is 2.24. The van der Waals surface area contributed by atoms with Crippen molar-refractivity contribution in [2.24, 2.45) is 5.92 Å². The second-order valence-corrected chi connectivity index (χ2v) is 5.83. The number of rotatable bonds is 3. The first-order valence-corrected chi connectivity index (χ1v) is 7.01. The van der Waals surface area contributed by atoms with E-state index in [2.05, 4.69) is 33.9 Å². The van der Waals surface area contributed by atoms with Gasteiger partial charge in [-0.15, -0.1) is 0 Å². The number of halogens is 1. The van der Waals surface area contributed by atoms with E-state index in [0.29, 0.717) is 0 Å². The van der Waals surface area contributed by atoms with Crippen LogP contribution in [0.2, 0.25) is 0 Å². The van der Waals surface area contributed by atoms with Crippen molar-refractivity contribution in [1.82, 2.24) is 0 Å². The van der Waals surface area contributed by atoms with E-state index in [0.717, 1.165) is 10.7 Å². The van der Waals surface area contributed by atoms with Gasteiger partial charge in [-0.05, 0) is 30.1 Å². The van der Waals surface area contributed by atoms with Crippen LogP contribution in [0.3, 0.4) is 0 Å². The van der Waals surface area contributed by atoms with Crippen LogP contribution in [0.4, 0.5) is 0 Å². The average molecular weight is 241 g/mol. The van der Waals surface area contributed by atoms with Crippen LogP contribution in [-0.2, 0) is 0 Å². The summed E-state index contributed by atoms with van der Waals surface area (Å²) in [6.45, 7) is 0. The molecule has 1 aliphatic rings. The molecule has 0 N–H and O–H groups in total. The van der Waals surface area contributed by atoms with Gasteiger partial charge < -0.3 is 0 Å². The van der Waals surface area contributed by atoms with Gasteiger partial charge in [-0.3, -0.25) is 0 Å². The molecule has 0 spiro atoms. The summed E-state index contributed by atoms with van der Waals surface area (Å²) in [5.74, 6) is 4.96. The van der Waals surface area contributed by atoms with Gasteiger partial charge in [-0.25, -0.2) is 0 Å². The summed E-state index contributed by atoms with van der Waals surface area (Å²) in [7, 11) is 0. The third kappa shape index (κ3) is 2.67. The van der Waals surface area contributed by atoms with E-state index in [1.165, 1.54) is 23.7 Å². The first-order valence-electron chi connectivity index (χ1n) is 3.55. The second kappa shape index (κ2) is 4.94. The monoisotopic (exact) mass is 240 g/mol. The summed E-state index contributed by atoms with van der Waals surface area (Å²) in [6.07, 6.45) is 3.58. The van der Waals surface area contributed by atoms with Crippen molar-refractivity contribution < 1.29 is 0 Å². The fraction of sp³-hybridized carbons (Fsp3) is 1.00. The Hall–Kier alpha value is 1.18. The van der Waals surface area contributed by atoms with Gasteiger partial charge in [0.1, 0.15) is 0 Å². The molecule has 1 heterocycles. The summed E-state index contributed by atoms with van der Waals surface area (Å²) in [6, 6.07) is 0. The van der Waals surface area contributed by atoms with Crippen LogP contribution >= 0.6 is 39.5 Å². The lowest BCUT2D eigenvalue weighted by atomic mass is 10.1. The molecule has 1 saturated heterocycles. The van der Waals surface area contributed by atoms with Crippen molar-refractivity contribution in [2.75, 3.05) is 23.5 Å². The molecule has 0 aromatic heterocycles. The summed E-state index contributed by atoms with van der Waals surface area (Å²) in [5.41, 5.74) is 0. The first kappa shape index (κ1) is 9.27. The predicted octanol–water partition coefficient (Wildman–Crippen LogP) is 2.87. The van der Waals surface area contributed by atoms with Crippen molar-refractivity contribution >= 4 is 39.5 Å². The van der Waals surface area contributed by atoms with Crippen LogP contribution in [0.1, 0.15) is 6.42 Å². The molecule has 0 aliphatic carbocycles. The molecule has 1 aliphatic heterocycles. The van der Waals surface area contributed by atoms with E-state index in [9.17, 15) is 0 Å². The van der Waals surface area contributed by atoms with E-state index in [-0.39, 0.29) is 0 Å². The molecule has 0 radical (unpaired) electrons. The summed E-state index contributed by atoms with van der Waals surface area (Å²) >= 11 is 7.75. The van der Waals surface area contributed by atoms with Crippen molar-refractivity contribution in [3.63, 3.8) is 0 Å². The van der Waals surface area contributed by atoms with Gasteiger partial charge in [0.25, 0.3) is 0 Å². The maximum atomic E-state index is 3.70. The average Bonchev–Trinajstić information content (AvgIpc) is 2.31. The lowest BCUT2D eigenvalue weighted by Gasteiger charge is -2.10. The Morgan fingerprint density at radius 1 is 1.60 bits per heavy atom. The van der Waals surface area contributed by atoms with Gasteiger partial charge in [0.2, 0.25) is 0 Å². The minimum absolute atomic E-state index is 0.796. The second-order valence-electron chi connectivity index (χ2n) is 2.60. The highest BCUT2D eigenvalue weighted by atomic mass is 79.9. The fourth-order valence-electron chi connectivity index (χ4n) is 1.11. The summed E-state index contributed by atoms with van der Waals surface area (Å²) in [5, 5.41) is 0. The zero-order valence-corrected chi connectivity index (χ0v) is 9.40. The largest absolute Gasteiger partial charge is 0.165 e. The van der Waals surface area contributed by atoms with Crippen LogP contribution in [-0.4, -0.2) is 28.3 Å². The van der Waals surface area contributed by atoms with Crippen LogP contribution in [0.25, 0.3) is 0 Å². The third-order valence-electron chi connectivity index (χ3n) is 1.81. The molecular weight excluding hydrogens is 228 g/mol. The molecule has 2 atom stereocenters. The maximum absolute atomic E-state index is 3.70. The van der Waals surface area contributed by atoms with Crippen LogP contribution in [0, 0.1) is 5.92 Å². The van der Waals surface area contributed by atoms with E-state index >= 15 is 0 Å². The highest BCUT2D eigenvalue weighted by Crippen LogP contribution is 2.32. The molecule has 3 heteroatoms. The van der Waals surface area contributed by atoms with E-state index in [1.54, 1.807) is 0 Å². The lowest BCUT2D eigenvalue weighted by Crippen LogP contribution is -2.11. The van der Waals surface area contributed by atoms with Crippen molar-refractivity contribution in [1.29, 1.82) is 0 Å². The normalized spacial score (nSPS) is 33.0. The molecule has 1 fully saturated rings. The van der Waals surface area contributed by atoms with Crippen LogP contribution in [0.15, 0.2) is 0 Å². The minimum atomic E-state index is 0.796. The fourth-order valence-corrected chi connectivity index (χ4v) is 4.24. The van der Waals surface area contributed by atoms with E-state index in [4.69, 9.17) is 0 Å². The van der Waals surface area contributed by atoms with Gasteiger partial charge in [0.05, 0.1) is 0 Å². The van der Waals surface area contributed by atoms with Crippen molar-refractivity contribution in [2.45, 2.75) is 11.2 Å².